The van der Waals surface area contributed by atoms with Crippen LogP contribution in [0.1, 0.15) is 37.7 Å². The number of anilines is 1. The third-order valence-electron chi connectivity index (χ3n) is 4.39. The maximum atomic E-state index is 12.8. The largest absolute Gasteiger partial charge is 0.416 e. The lowest BCUT2D eigenvalue weighted by Gasteiger charge is -2.21. The molecule has 21 heavy (non-hydrogen) atoms. The van der Waals surface area contributed by atoms with Gasteiger partial charge in [0.05, 0.1) is 16.7 Å². The molecule has 6 heteroatoms. The van der Waals surface area contributed by atoms with Gasteiger partial charge < -0.3 is 0 Å². The molecule has 112 valence electrons. The van der Waals surface area contributed by atoms with E-state index in [1.54, 1.807) is 0 Å². The highest BCUT2D eigenvalue weighted by Gasteiger charge is 2.53. The predicted molar refractivity (Wildman–Crippen MR) is 69.5 cm³/mol. The summed E-state index contributed by atoms with van der Waals surface area (Å²) in [4.78, 5) is 25.6. The van der Waals surface area contributed by atoms with Crippen LogP contribution in [0.15, 0.2) is 24.3 Å². The minimum absolute atomic E-state index is 0.0172. The number of rotatable bonds is 1. The summed E-state index contributed by atoms with van der Waals surface area (Å²) in [6.45, 7) is 0. The first-order valence-corrected chi connectivity index (χ1v) is 6.88. The summed E-state index contributed by atoms with van der Waals surface area (Å²) >= 11 is 0. The number of nitrogens with zero attached hydrogens (tertiary/aromatic N) is 1. The van der Waals surface area contributed by atoms with Crippen molar-refractivity contribution in [1.82, 2.24) is 0 Å². The van der Waals surface area contributed by atoms with Crippen molar-refractivity contribution in [2.75, 3.05) is 4.90 Å². The summed E-state index contributed by atoms with van der Waals surface area (Å²) in [5.74, 6) is -0.745. The number of carbonyl (C=O) groups is 2. The molecule has 2 fully saturated rings. The highest BCUT2D eigenvalue weighted by Crippen LogP contribution is 2.48. The Kier molecular flexibility index (Phi) is 3.07. The predicted octanol–water partition coefficient (Wildman–Crippen LogP) is 3.53. The molecule has 0 unspecified atom stereocenters. The van der Waals surface area contributed by atoms with Gasteiger partial charge in [-0.2, -0.15) is 13.2 Å². The molecule has 1 aliphatic heterocycles. The van der Waals surface area contributed by atoms with E-state index < -0.39 is 23.1 Å². The van der Waals surface area contributed by atoms with Crippen molar-refractivity contribution in [3.63, 3.8) is 0 Å². The van der Waals surface area contributed by atoms with Crippen LogP contribution < -0.4 is 4.90 Å². The fourth-order valence-electron chi connectivity index (χ4n) is 3.32. The number of hydrogen-bond donors (Lipinski definition) is 0. The molecular formula is C15H14F3NO2. The topological polar surface area (TPSA) is 37.4 Å². The molecule has 1 saturated carbocycles. The normalized spacial score (nSPS) is 21.6. The molecule has 2 amide bonds. The lowest BCUT2D eigenvalue weighted by Crippen LogP contribution is -2.34. The van der Waals surface area contributed by atoms with E-state index in [1.807, 2.05) is 0 Å². The lowest BCUT2D eigenvalue weighted by atomic mass is 9.84. The van der Waals surface area contributed by atoms with E-state index in [0.29, 0.717) is 12.8 Å². The van der Waals surface area contributed by atoms with Gasteiger partial charge in [0.25, 0.3) is 0 Å². The van der Waals surface area contributed by atoms with Gasteiger partial charge in [0.2, 0.25) is 11.8 Å². The van der Waals surface area contributed by atoms with Gasteiger partial charge in [0.1, 0.15) is 0 Å². The summed E-state index contributed by atoms with van der Waals surface area (Å²) in [6.07, 6.45) is -1.32. The summed E-state index contributed by atoms with van der Waals surface area (Å²) < 4.78 is 38.3. The van der Waals surface area contributed by atoms with Crippen LogP contribution >= 0.6 is 0 Å². The van der Waals surface area contributed by atoms with E-state index in [-0.39, 0.29) is 18.0 Å². The van der Waals surface area contributed by atoms with Gasteiger partial charge in [-0.3, -0.25) is 14.5 Å². The molecule has 0 N–H and O–H groups in total. The number of halogens is 3. The van der Waals surface area contributed by atoms with Crippen LogP contribution in [0.3, 0.4) is 0 Å². The Morgan fingerprint density at radius 1 is 1.10 bits per heavy atom. The third kappa shape index (κ3) is 2.22. The fraction of sp³-hybridized carbons (Fsp3) is 0.467. The summed E-state index contributed by atoms with van der Waals surface area (Å²) in [7, 11) is 0. The van der Waals surface area contributed by atoms with Crippen molar-refractivity contribution in [3.8, 4) is 0 Å². The molecule has 0 radical (unpaired) electrons. The first-order chi connectivity index (χ1) is 9.83. The van der Waals surface area contributed by atoms with E-state index >= 15 is 0 Å². The second-order valence-electron chi connectivity index (χ2n) is 5.75. The molecule has 0 atom stereocenters. The van der Waals surface area contributed by atoms with Crippen LogP contribution in [-0.4, -0.2) is 11.8 Å². The van der Waals surface area contributed by atoms with Gasteiger partial charge >= 0.3 is 6.18 Å². The smallest absolute Gasteiger partial charge is 0.274 e. The van der Waals surface area contributed by atoms with Gasteiger partial charge in [-0.25, -0.2) is 0 Å². The number of imide groups is 1. The Morgan fingerprint density at radius 3 is 2.38 bits per heavy atom. The van der Waals surface area contributed by atoms with Gasteiger partial charge in [-0.05, 0) is 31.0 Å². The van der Waals surface area contributed by atoms with Crippen molar-refractivity contribution < 1.29 is 22.8 Å². The standard InChI is InChI=1S/C15H14F3NO2/c16-15(17,18)10-4-3-5-11(8-10)19-12(20)9-14(13(19)21)6-1-2-7-14/h3-5,8H,1-2,6-7,9H2. The van der Waals surface area contributed by atoms with E-state index in [2.05, 4.69) is 0 Å². The SMILES string of the molecule is O=C1CC2(CCCC2)C(=O)N1c1cccc(C(F)(F)F)c1. The van der Waals surface area contributed by atoms with Crippen molar-refractivity contribution >= 4 is 17.5 Å². The molecule has 0 aromatic heterocycles. The molecule has 1 spiro atoms. The minimum Gasteiger partial charge on any atom is -0.274 e. The van der Waals surface area contributed by atoms with E-state index in [1.165, 1.54) is 12.1 Å². The Bertz CT molecular complexity index is 603. The monoisotopic (exact) mass is 297 g/mol. The highest BCUT2D eigenvalue weighted by molar-refractivity contribution is 6.22. The first-order valence-electron chi connectivity index (χ1n) is 6.88. The summed E-state index contributed by atoms with van der Waals surface area (Å²) in [5, 5.41) is 0. The molecule has 1 heterocycles. The van der Waals surface area contributed by atoms with Gasteiger partial charge in [-0.15, -0.1) is 0 Å². The highest BCUT2D eigenvalue weighted by atomic mass is 19.4. The van der Waals surface area contributed by atoms with Gasteiger partial charge in [0.15, 0.2) is 0 Å². The van der Waals surface area contributed by atoms with E-state index in [0.717, 1.165) is 29.9 Å². The zero-order valence-electron chi connectivity index (χ0n) is 11.2. The molecule has 1 aromatic rings. The summed E-state index contributed by atoms with van der Waals surface area (Å²) in [6, 6.07) is 4.39. The van der Waals surface area contributed by atoms with E-state index in [9.17, 15) is 22.8 Å². The number of benzene rings is 1. The van der Waals surface area contributed by atoms with Crippen molar-refractivity contribution in [1.29, 1.82) is 0 Å². The molecule has 3 rings (SSSR count). The second-order valence-corrected chi connectivity index (χ2v) is 5.75. The molecule has 0 bridgehead atoms. The van der Waals surface area contributed by atoms with Crippen molar-refractivity contribution in [3.05, 3.63) is 29.8 Å². The third-order valence-corrected chi connectivity index (χ3v) is 4.39. The molecular weight excluding hydrogens is 283 g/mol. The molecule has 3 nitrogen and oxygen atoms in total. The maximum absolute atomic E-state index is 12.8. The van der Waals surface area contributed by atoms with Crippen molar-refractivity contribution in [2.45, 2.75) is 38.3 Å². The Hall–Kier alpha value is -1.85. The fourth-order valence-corrected chi connectivity index (χ4v) is 3.32. The molecule has 2 aliphatic rings. The molecule has 1 saturated heterocycles. The lowest BCUT2D eigenvalue weighted by molar-refractivity contribution is -0.137. The average molecular weight is 297 g/mol. The number of carbonyl (C=O) groups excluding carboxylic acids is 2. The number of hydrogen-bond acceptors (Lipinski definition) is 2. The number of amides is 2. The second kappa shape index (κ2) is 4.58. The Morgan fingerprint density at radius 2 is 1.76 bits per heavy atom. The van der Waals surface area contributed by atoms with Gasteiger partial charge in [0, 0.05) is 6.42 Å². The summed E-state index contributed by atoms with van der Waals surface area (Å²) in [5.41, 5.74) is -1.51. The first kappa shape index (κ1) is 14.1. The quantitative estimate of drug-likeness (QED) is 0.744. The van der Waals surface area contributed by atoms with Crippen LogP contribution in [0.25, 0.3) is 0 Å². The maximum Gasteiger partial charge on any atom is 0.416 e. The Labute approximate surface area is 119 Å². The van der Waals surface area contributed by atoms with Gasteiger partial charge in [-0.1, -0.05) is 18.9 Å². The number of alkyl halides is 3. The van der Waals surface area contributed by atoms with Crippen LogP contribution in [0.2, 0.25) is 0 Å². The average Bonchev–Trinajstić information content (AvgIpc) is 2.96. The van der Waals surface area contributed by atoms with Crippen LogP contribution in [0.4, 0.5) is 18.9 Å². The van der Waals surface area contributed by atoms with Crippen molar-refractivity contribution in [2.24, 2.45) is 5.41 Å². The van der Waals surface area contributed by atoms with Crippen LogP contribution in [-0.2, 0) is 15.8 Å². The van der Waals surface area contributed by atoms with E-state index in [4.69, 9.17) is 0 Å². The van der Waals surface area contributed by atoms with Crippen LogP contribution in [0.5, 0.6) is 0 Å². The van der Waals surface area contributed by atoms with Crippen LogP contribution in [0, 0.1) is 5.41 Å². The zero-order chi connectivity index (χ0) is 15.3. The Balaban J connectivity index is 1.97. The zero-order valence-corrected chi connectivity index (χ0v) is 11.2. The molecule has 1 aliphatic carbocycles. The minimum atomic E-state index is -4.49. The molecule has 1 aromatic carbocycles.